The molecule has 2 N–H and O–H groups in total. The maximum absolute atomic E-state index is 5.63. The number of rotatable bonds is 5. The van der Waals surface area contributed by atoms with Crippen molar-refractivity contribution >= 4 is 0 Å². The van der Waals surface area contributed by atoms with Gasteiger partial charge < -0.3 is 15.1 Å². The molecule has 0 spiro atoms. The first-order chi connectivity index (χ1) is 9.15. The minimum atomic E-state index is 0.497. The summed E-state index contributed by atoms with van der Waals surface area (Å²) in [5.41, 5.74) is 6.93. The number of furan rings is 1. The summed E-state index contributed by atoms with van der Waals surface area (Å²) in [7, 11) is 2.24. The quantitative estimate of drug-likeness (QED) is 0.887. The van der Waals surface area contributed by atoms with Gasteiger partial charge in [0.2, 0.25) is 0 Å². The Bertz CT molecular complexity index is 440. The van der Waals surface area contributed by atoms with Gasteiger partial charge in [0.1, 0.15) is 11.5 Å². The molecule has 3 unspecified atom stereocenters. The minimum Gasteiger partial charge on any atom is -0.465 e. The highest BCUT2D eigenvalue weighted by atomic mass is 16.3. The fraction of sp³-hybridized carbons (Fsp3) is 0.750. The highest BCUT2D eigenvalue weighted by Crippen LogP contribution is 2.48. The lowest BCUT2D eigenvalue weighted by Gasteiger charge is -2.27. The second kappa shape index (κ2) is 5.29. The van der Waals surface area contributed by atoms with Crippen molar-refractivity contribution in [3.63, 3.8) is 0 Å². The molecule has 0 aromatic carbocycles. The lowest BCUT2D eigenvalue weighted by Crippen LogP contribution is -2.28. The molecular weight excluding hydrogens is 236 g/mol. The van der Waals surface area contributed by atoms with E-state index in [1.165, 1.54) is 37.8 Å². The molecule has 1 aromatic rings. The van der Waals surface area contributed by atoms with Crippen LogP contribution in [0.25, 0.3) is 0 Å². The highest BCUT2D eigenvalue weighted by Gasteiger charge is 2.39. The summed E-state index contributed by atoms with van der Waals surface area (Å²) in [5.74, 6) is 4.92. The van der Waals surface area contributed by atoms with Crippen molar-refractivity contribution in [3.8, 4) is 0 Å². The summed E-state index contributed by atoms with van der Waals surface area (Å²) in [6.07, 6.45) is 5.94. The van der Waals surface area contributed by atoms with E-state index in [4.69, 9.17) is 10.2 Å². The number of hydrogen-bond acceptors (Lipinski definition) is 3. The molecule has 2 aliphatic carbocycles. The summed E-state index contributed by atoms with van der Waals surface area (Å²) >= 11 is 0. The molecule has 0 amide bonds. The van der Waals surface area contributed by atoms with Gasteiger partial charge in [0.05, 0.1) is 6.54 Å². The van der Waals surface area contributed by atoms with Crippen LogP contribution in [0.1, 0.15) is 42.8 Å². The summed E-state index contributed by atoms with van der Waals surface area (Å²) in [5, 5.41) is 0. The molecule has 1 aromatic heterocycles. The van der Waals surface area contributed by atoms with E-state index in [0.29, 0.717) is 6.54 Å². The van der Waals surface area contributed by atoms with Gasteiger partial charge in [-0.2, -0.15) is 0 Å². The average Bonchev–Trinajstić information content (AvgIpc) is 3.05. The second-order valence-corrected chi connectivity index (χ2v) is 6.63. The Hall–Kier alpha value is -0.800. The van der Waals surface area contributed by atoms with Crippen LogP contribution in [0.3, 0.4) is 0 Å². The zero-order valence-corrected chi connectivity index (χ0v) is 12.2. The van der Waals surface area contributed by atoms with Crippen LogP contribution in [0.5, 0.6) is 0 Å². The molecular formula is C16H26N2O. The lowest BCUT2D eigenvalue weighted by molar-refractivity contribution is 0.214. The standard InChI is InChI=1S/C16H26N2O/c1-11-14(7-16(8-17)19-11)9-18(2)10-15-6-12-3-4-13(15)5-12/h7,12-13,15H,3-6,8-10,17H2,1-2H3. The Labute approximate surface area is 116 Å². The van der Waals surface area contributed by atoms with Gasteiger partial charge in [-0.15, -0.1) is 0 Å². The van der Waals surface area contributed by atoms with E-state index in [0.717, 1.165) is 35.8 Å². The van der Waals surface area contributed by atoms with Crippen molar-refractivity contribution in [2.45, 2.75) is 45.7 Å². The average molecular weight is 262 g/mol. The van der Waals surface area contributed by atoms with Crippen molar-refractivity contribution in [3.05, 3.63) is 23.2 Å². The monoisotopic (exact) mass is 262 g/mol. The maximum atomic E-state index is 5.63. The van der Waals surface area contributed by atoms with E-state index in [1.807, 2.05) is 6.92 Å². The number of nitrogens with zero attached hydrogens (tertiary/aromatic N) is 1. The summed E-state index contributed by atoms with van der Waals surface area (Å²) in [4.78, 5) is 2.46. The molecule has 1 heterocycles. The van der Waals surface area contributed by atoms with Gasteiger partial charge in [-0.05, 0) is 57.1 Å². The lowest BCUT2D eigenvalue weighted by atomic mass is 9.88. The van der Waals surface area contributed by atoms with Crippen LogP contribution >= 0.6 is 0 Å². The molecule has 106 valence electrons. The Morgan fingerprint density at radius 1 is 1.37 bits per heavy atom. The molecule has 19 heavy (non-hydrogen) atoms. The Morgan fingerprint density at radius 3 is 2.79 bits per heavy atom. The zero-order valence-electron chi connectivity index (χ0n) is 12.2. The van der Waals surface area contributed by atoms with Gasteiger partial charge in [0, 0.05) is 18.7 Å². The molecule has 3 atom stereocenters. The van der Waals surface area contributed by atoms with Crippen LogP contribution in [0, 0.1) is 24.7 Å². The van der Waals surface area contributed by atoms with E-state index >= 15 is 0 Å². The van der Waals surface area contributed by atoms with Crippen LogP contribution in [-0.2, 0) is 13.1 Å². The topological polar surface area (TPSA) is 42.4 Å². The van der Waals surface area contributed by atoms with Crippen LogP contribution in [0.2, 0.25) is 0 Å². The predicted octanol–water partition coefficient (Wildman–Crippen LogP) is 2.91. The number of nitrogens with two attached hydrogens (primary N) is 1. The fourth-order valence-electron chi connectivity index (χ4n) is 4.20. The highest BCUT2D eigenvalue weighted by molar-refractivity contribution is 5.20. The van der Waals surface area contributed by atoms with Crippen LogP contribution < -0.4 is 5.73 Å². The first-order valence-electron chi connectivity index (χ1n) is 7.62. The molecule has 2 fully saturated rings. The normalized spacial score (nSPS) is 29.6. The molecule has 2 aliphatic rings. The first-order valence-corrected chi connectivity index (χ1v) is 7.62. The number of fused-ring (bicyclic) bond motifs is 2. The van der Waals surface area contributed by atoms with Crippen molar-refractivity contribution in [1.29, 1.82) is 0 Å². The molecule has 2 saturated carbocycles. The van der Waals surface area contributed by atoms with E-state index < -0.39 is 0 Å². The van der Waals surface area contributed by atoms with Crippen LogP contribution in [-0.4, -0.2) is 18.5 Å². The SMILES string of the molecule is Cc1oc(CN)cc1CN(C)CC1CC2CCC1C2. The van der Waals surface area contributed by atoms with Gasteiger partial charge in [-0.1, -0.05) is 6.42 Å². The van der Waals surface area contributed by atoms with Crippen molar-refractivity contribution in [1.82, 2.24) is 4.90 Å². The van der Waals surface area contributed by atoms with Gasteiger partial charge in [0.15, 0.2) is 0 Å². The van der Waals surface area contributed by atoms with Crippen LogP contribution in [0.15, 0.2) is 10.5 Å². The van der Waals surface area contributed by atoms with Gasteiger partial charge >= 0.3 is 0 Å². The molecule has 3 heteroatoms. The summed E-state index contributed by atoms with van der Waals surface area (Å²) in [6.45, 7) is 4.77. The van der Waals surface area contributed by atoms with Gasteiger partial charge in [-0.3, -0.25) is 0 Å². The molecule has 3 rings (SSSR count). The summed E-state index contributed by atoms with van der Waals surface area (Å²) in [6, 6.07) is 2.12. The fourth-order valence-corrected chi connectivity index (χ4v) is 4.20. The third kappa shape index (κ3) is 2.72. The zero-order chi connectivity index (χ0) is 13.4. The van der Waals surface area contributed by atoms with E-state index in [1.54, 1.807) is 0 Å². The van der Waals surface area contributed by atoms with Gasteiger partial charge in [0.25, 0.3) is 0 Å². The van der Waals surface area contributed by atoms with Crippen molar-refractivity contribution in [2.75, 3.05) is 13.6 Å². The maximum Gasteiger partial charge on any atom is 0.118 e. The molecule has 2 bridgehead atoms. The molecule has 0 radical (unpaired) electrons. The smallest absolute Gasteiger partial charge is 0.118 e. The molecule has 0 aliphatic heterocycles. The second-order valence-electron chi connectivity index (χ2n) is 6.63. The van der Waals surface area contributed by atoms with Gasteiger partial charge in [-0.25, -0.2) is 0 Å². The first kappa shape index (κ1) is 13.2. The van der Waals surface area contributed by atoms with E-state index in [9.17, 15) is 0 Å². The summed E-state index contributed by atoms with van der Waals surface area (Å²) < 4.78 is 5.63. The molecule has 0 saturated heterocycles. The van der Waals surface area contributed by atoms with E-state index in [2.05, 4.69) is 18.0 Å². The van der Waals surface area contributed by atoms with E-state index in [-0.39, 0.29) is 0 Å². The predicted molar refractivity (Wildman–Crippen MR) is 76.6 cm³/mol. The molecule has 3 nitrogen and oxygen atoms in total. The van der Waals surface area contributed by atoms with Crippen molar-refractivity contribution in [2.24, 2.45) is 23.5 Å². The third-order valence-corrected chi connectivity index (χ3v) is 5.14. The van der Waals surface area contributed by atoms with Crippen LogP contribution in [0.4, 0.5) is 0 Å². The van der Waals surface area contributed by atoms with Crippen molar-refractivity contribution < 1.29 is 4.42 Å². The number of aryl methyl sites for hydroxylation is 1. The largest absolute Gasteiger partial charge is 0.465 e. The Morgan fingerprint density at radius 2 is 2.21 bits per heavy atom. The third-order valence-electron chi connectivity index (χ3n) is 5.14. The Balaban J connectivity index is 1.56. The minimum absolute atomic E-state index is 0.497. The number of hydrogen-bond donors (Lipinski definition) is 1. The Kier molecular flexibility index (Phi) is 3.68.